The molecule has 0 aliphatic heterocycles. The first-order chi connectivity index (χ1) is 18.7. The zero-order chi connectivity index (χ0) is 28.8. The fourth-order valence-corrected chi connectivity index (χ4v) is 4.25. The molecule has 1 N–H and O–H groups in total. The van der Waals surface area contributed by atoms with Gasteiger partial charge in [0.15, 0.2) is 11.6 Å². The van der Waals surface area contributed by atoms with Crippen LogP contribution in [0.4, 0.5) is 0 Å². The Hall–Kier alpha value is -3.55. The molecule has 0 bridgehead atoms. The average Bonchev–Trinajstić information content (AvgIpc) is 2.89. The van der Waals surface area contributed by atoms with Crippen LogP contribution in [0.25, 0.3) is 0 Å². The van der Waals surface area contributed by atoms with Gasteiger partial charge < -0.3 is 24.1 Å². The second-order valence-electron chi connectivity index (χ2n) is 9.28. The topological polar surface area (TPSA) is 108 Å². The van der Waals surface area contributed by atoms with E-state index in [-0.39, 0.29) is 35.3 Å². The maximum atomic E-state index is 12.4. The van der Waals surface area contributed by atoms with E-state index in [4.69, 9.17) is 18.9 Å². The molecule has 0 aliphatic rings. The van der Waals surface area contributed by atoms with Crippen LogP contribution in [0, 0.1) is 0 Å². The molecule has 0 unspecified atom stereocenters. The van der Waals surface area contributed by atoms with Gasteiger partial charge >= 0.3 is 5.97 Å². The number of ketones is 2. The fourth-order valence-electron chi connectivity index (χ4n) is 4.25. The van der Waals surface area contributed by atoms with Crippen LogP contribution in [-0.4, -0.2) is 49.1 Å². The number of esters is 1. The molecule has 0 aliphatic carbocycles. The summed E-state index contributed by atoms with van der Waals surface area (Å²) in [4.78, 5) is 35.8. The van der Waals surface area contributed by atoms with Crippen molar-refractivity contribution in [1.82, 2.24) is 0 Å². The van der Waals surface area contributed by atoms with Crippen LogP contribution < -0.4 is 14.2 Å². The van der Waals surface area contributed by atoms with E-state index in [0.717, 1.165) is 18.4 Å². The molecular formula is C31H42O8. The van der Waals surface area contributed by atoms with E-state index in [1.165, 1.54) is 13.8 Å². The highest BCUT2D eigenvalue weighted by Crippen LogP contribution is 2.35. The summed E-state index contributed by atoms with van der Waals surface area (Å²) in [7, 11) is 0. The summed E-state index contributed by atoms with van der Waals surface area (Å²) in [5.41, 5.74) is 2.24. The molecule has 214 valence electrons. The highest BCUT2D eigenvalue weighted by Gasteiger charge is 2.19. The summed E-state index contributed by atoms with van der Waals surface area (Å²) in [6.07, 6.45) is 4.23. The first-order valence-corrected chi connectivity index (χ1v) is 13.8. The molecule has 39 heavy (non-hydrogen) atoms. The van der Waals surface area contributed by atoms with Gasteiger partial charge in [-0.1, -0.05) is 26.7 Å². The van der Waals surface area contributed by atoms with Crippen molar-refractivity contribution < 1.29 is 38.4 Å². The Bertz CT molecular complexity index is 1120. The van der Waals surface area contributed by atoms with E-state index in [1.54, 1.807) is 31.2 Å². The van der Waals surface area contributed by atoms with Crippen LogP contribution in [0.5, 0.6) is 23.0 Å². The molecule has 0 amide bonds. The van der Waals surface area contributed by atoms with E-state index in [0.29, 0.717) is 80.5 Å². The van der Waals surface area contributed by atoms with Crippen molar-refractivity contribution in [2.75, 3.05) is 26.4 Å². The van der Waals surface area contributed by atoms with E-state index < -0.39 is 0 Å². The van der Waals surface area contributed by atoms with Gasteiger partial charge in [0.05, 0.1) is 37.6 Å². The minimum absolute atomic E-state index is 0.0209. The van der Waals surface area contributed by atoms with Crippen LogP contribution in [0.3, 0.4) is 0 Å². The Kier molecular flexibility index (Phi) is 13.3. The number of rotatable bonds is 18. The molecule has 0 atom stereocenters. The Morgan fingerprint density at radius 1 is 0.718 bits per heavy atom. The summed E-state index contributed by atoms with van der Waals surface area (Å²) in [6.45, 7) is 10.1. The molecule has 0 saturated heterocycles. The van der Waals surface area contributed by atoms with E-state index in [1.807, 2.05) is 13.8 Å². The number of carbonyl (C=O) groups excluding carboxylic acids is 3. The number of phenols is 1. The SMILES string of the molecule is CCCc1c(OCCCOc2c(C(C)=O)ccc(OCCCC(=O)OCC)c2CCC)ccc(C(C)=O)c1O. The zero-order valence-corrected chi connectivity index (χ0v) is 23.9. The number of ether oxygens (including phenoxy) is 4. The van der Waals surface area contributed by atoms with Crippen molar-refractivity contribution in [2.45, 2.75) is 79.6 Å². The summed E-state index contributed by atoms with van der Waals surface area (Å²) >= 11 is 0. The van der Waals surface area contributed by atoms with E-state index in [9.17, 15) is 19.5 Å². The third-order valence-corrected chi connectivity index (χ3v) is 6.10. The lowest BCUT2D eigenvalue weighted by Crippen LogP contribution is -2.12. The van der Waals surface area contributed by atoms with Gasteiger partial charge in [-0.15, -0.1) is 0 Å². The Labute approximate surface area is 231 Å². The van der Waals surface area contributed by atoms with Crippen molar-refractivity contribution in [1.29, 1.82) is 0 Å². The molecule has 2 aromatic carbocycles. The number of hydrogen-bond donors (Lipinski definition) is 1. The summed E-state index contributed by atoms with van der Waals surface area (Å²) in [5.74, 6) is 1.14. The highest BCUT2D eigenvalue weighted by atomic mass is 16.5. The third kappa shape index (κ3) is 9.30. The number of hydrogen-bond acceptors (Lipinski definition) is 8. The van der Waals surface area contributed by atoms with Gasteiger partial charge in [-0.25, -0.2) is 0 Å². The Morgan fingerprint density at radius 2 is 1.26 bits per heavy atom. The molecule has 0 saturated carbocycles. The molecule has 0 aromatic heterocycles. The number of aromatic hydroxyl groups is 1. The largest absolute Gasteiger partial charge is 0.507 e. The second-order valence-corrected chi connectivity index (χ2v) is 9.28. The Balaban J connectivity index is 2.08. The fraction of sp³-hybridized carbons (Fsp3) is 0.516. The van der Waals surface area contributed by atoms with Gasteiger partial charge in [-0.3, -0.25) is 14.4 Å². The monoisotopic (exact) mass is 542 g/mol. The predicted octanol–water partition coefficient (Wildman–Crippen LogP) is 6.27. The van der Waals surface area contributed by atoms with E-state index in [2.05, 4.69) is 0 Å². The predicted molar refractivity (Wildman–Crippen MR) is 150 cm³/mol. The Morgan fingerprint density at radius 3 is 1.85 bits per heavy atom. The maximum Gasteiger partial charge on any atom is 0.305 e. The smallest absolute Gasteiger partial charge is 0.305 e. The van der Waals surface area contributed by atoms with Gasteiger partial charge in [0.1, 0.15) is 23.0 Å². The average molecular weight is 543 g/mol. The van der Waals surface area contributed by atoms with Gasteiger partial charge in [0, 0.05) is 24.0 Å². The van der Waals surface area contributed by atoms with Crippen molar-refractivity contribution in [3.63, 3.8) is 0 Å². The quantitative estimate of drug-likeness (QED) is 0.133. The molecular weight excluding hydrogens is 500 g/mol. The lowest BCUT2D eigenvalue weighted by atomic mass is 10.0. The number of benzene rings is 2. The molecule has 8 heteroatoms. The highest BCUT2D eigenvalue weighted by molar-refractivity contribution is 5.98. The molecule has 2 aromatic rings. The van der Waals surface area contributed by atoms with Crippen molar-refractivity contribution >= 4 is 17.5 Å². The minimum atomic E-state index is -0.250. The van der Waals surface area contributed by atoms with Crippen LogP contribution >= 0.6 is 0 Å². The molecule has 0 heterocycles. The number of phenolic OH excluding ortho intramolecular Hbond substituents is 1. The molecule has 0 fully saturated rings. The first kappa shape index (κ1) is 31.7. The maximum absolute atomic E-state index is 12.4. The van der Waals surface area contributed by atoms with Crippen LogP contribution in [0.15, 0.2) is 24.3 Å². The molecule has 0 radical (unpaired) electrons. The van der Waals surface area contributed by atoms with Gasteiger partial charge in [-0.2, -0.15) is 0 Å². The molecule has 8 nitrogen and oxygen atoms in total. The number of carbonyl (C=O) groups is 3. The molecule has 2 rings (SSSR count). The zero-order valence-electron chi connectivity index (χ0n) is 23.9. The molecule has 0 spiro atoms. The van der Waals surface area contributed by atoms with Crippen LogP contribution in [0.1, 0.15) is 98.6 Å². The summed E-state index contributed by atoms with van der Waals surface area (Å²) in [6, 6.07) is 6.80. The minimum Gasteiger partial charge on any atom is -0.507 e. The number of Topliss-reactive ketones (excluding diaryl/α,β-unsaturated/α-hetero) is 2. The van der Waals surface area contributed by atoms with Crippen molar-refractivity contribution in [3.8, 4) is 23.0 Å². The van der Waals surface area contributed by atoms with Gasteiger partial charge in [-0.05, 0) is 64.3 Å². The van der Waals surface area contributed by atoms with Gasteiger partial charge in [0.2, 0.25) is 0 Å². The van der Waals surface area contributed by atoms with Crippen molar-refractivity contribution in [3.05, 3.63) is 46.5 Å². The van der Waals surface area contributed by atoms with Crippen molar-refractivity contribution in [2.24, 2.45) is 0 Å². The summed E-state index contributed by atoms with van der Waals surface area (Å²) < 4.78 is 23.0. The lowest BCUT2D eigenvalue weighted by molar-refractivity contribution is -0.143. The standard InChI is InChI=1S/C31H42O8/c1-6-11-25-27(16-14-23(21(4)32)30(25)35)38-19-10-20-39-31-24(22(5)33)15-17-28(26(31)12-7-2)37-18-9-13-29(34)36-8-3/h14-17,35H,6-13,18-20H2,1-5H3. The first-order valence-electron chi connectivity index (χ1n) is 13.8. The lowest BCUT2D eigenvalue weighted by Gasteiger charge is -2.19. The van der Waals surface area contributed by atoms with Crippen LogP contribution in [-0.2, 0) is 22.4 Å². The second kappa shape index (κ2) is 16.4. The third-order valence-electron chi connectivity index (χ3n) is 6.10. The normalized spacial score (nSPS) is 10.7. The van der Waals surface area contributed by atoms with E-state index >= 15 is 0 Å². The van der Waals surface area contributed by atoms with Gasteiger partial charge in [0.25, 0.3) is 0 Å². The summed E-state index contributed by atoms with van der Waals surface area (Å²) in [5, 5.41) is 10.5. The van der Waals surface area contributed by atoms with Crippen LogP contribution in [0.2, 0.25) is 0 Å².